The molecule has 19 heavy (non-hydrogen) atoms. The fourth-order valence-electron chi connectivity index (χ4n) is 2.69. The van der Waals surface area contributed by atoms with E-state index in [0.717, 1.165) is 31.4 Å². The van der Waals surface area contributed by atoms with Crippen molar-refractivity contribution >= 4 is 18.2 Å². The molecule has 0 radical (unpaired) electrons. The van der Waals surface area contributed by atoms with Gasteiger partial charge in [-0.15, -0.1) is 12.4 Å². The first-order valence-electron chi connectivity index (χ1n) is 7.53. The van der Waals surface area contributed by atoms with E-state index >= 15 is 0 Å². The topological polar surface area (TPSA) is 20.3 Å². The number of unbranched alkanes of at least 4 members (excludes halogenated alkanes) is 5. The smallest absolute Gasteiger partial charge is 0.162 e. The number of allylic oxidation sites excluding steroid dienone is 2. The molecule has 0 aromatic heterocycles. The molecule has 2 nitrogen and oxygen atoms in total. The summed E-state index contributed by atoms with van der Waals surface area (Å²) >= 11 is 0. The van der Waals surface area contributed by atoms with Gasteiger partial charge in [0.25, 0.3) is 0 Å². The highest BCUT2D eigenvalue weighted by atomic mass is 35.5. The van der Waals surface area contributed by atoms with Crippen LogP contribution in [0.25, 0.3) is 0 Å². The van der Waals surface area contributed by atoms with Gasteiger partial charge in [-0.2, -0.15) is 0 Å². The number of Topliss-reactive ketones (excluding diaryl/α,β-unsaturated/α-hetero) is 1. The summed E-state index contributed by atoms with van der Waals surface area (Å²) in [6, 6.07) is 0. The molecule has 0 saturated heterocycles. The van der Waals surface area contributed by atoms with Crippen LogP contribution in [0, 0.1) is 5.92 Å². The minimum atomic E-state index is 0. The molecular formula is C16H30ClNO. The lowest BCUT2D eigenvalue weighted by Crippen LogP contribution is -2.24. The van der Waals surface area contributed by atoms with Crippen LogP contribution in [0.3, 0.4) is 0 Å². The van der Waals surface area contributed by atoms with Crippen LogP contribution in [-0.2, 0) is 4.79 Å². The average Bonchev–Trinajstić information content (AvgIpc) is 2.65. The van der Waals surface area contributed by atoms with E-state index in [0.29, 0.717) is 5.78 Å². The van der Waals surface area contributed by atoms with Crippen LogP contribution in [0.1, 0.15) is 58.3 Å². The molecule has 0 heterocycles. The van der Waals surface area contributed by atoms with Gasteiger partial charge >= 0.3 is 0 Å². The summed E-state index contributed by atoms with van der Waals surface area (Å²) in [5, 5.41) is 0. The summed E-state index contributed by atoms with van der Waals surface area (Å²) in [6.45, 7) is 3.15. The van der Waals surface area contributed by atoms with Crippen molar-refractivity contribution in [3.8, 4) is 0 Å². The van der Waals surface area contributed by atoms with Gasteiger partial charge in [0, 0.05) is 12.5 Å². The highest BCUT2D eigenvalue weighted by Crippen LogP contribution is 2.27. The Bertz CT molecular complexity index is 286. The molecular weight excluding hydrogens is 258 g/mol. The Kier molecular flexibility index (Phi) is 10.3. The Morgan fingerprint density at radius 3 is 2.53 bits per heavy atom. The second kappa shape index (κ2) is 10.4. The van der Waals surface area contributed by atoms with E-state index in [9.17, 15) is 4.79 Å². The molecule has 1 aliphatic rings. The van der Waals surface area contributed by atoms with Crippen LogP contribution < -0.4 is 0 Å². The van der Waals surface area contributed by atoms with Gasteiger partial charge in [0.15, 0.2) is 5.78 Å². The number of ketones is 1. The molecule has 1 atom stereocenters. The van der Waals surface area contributed by atoms with Crippen molar-refractivity contribution < 1.29 is 4.79 Å². The maximum absolute atomic E-state index is 12.1. The Labute approximate surface area is 125 Å². The van der Waals surface area contributed by atoms with Crippen LogP contribution in [-0.4, -0.2) is 31.3 Å². The van der Waals surface area contributed by atoms with E-state index in [-0.39, 0.29) is 18.3 Å². The van der Waals surface area contributed by atoms with E-state index in [1.54, 1.807) is 0 Å². The lowest BCUT2D eigenvalue weighted by atomic mass is 10.0. The molecule has 1 fully saturated rings. The van der Waals surface area contributed by atoms with E-state index in [1.807, 2.05) is 14.1 Å². The van der Waals surface area contributed by atoms with Crippen LogP contribution in [0.15, 0.2) is 11.6 Å². The van der Waals surface area contributed by atoms with Crippen LogP contribution in [0.5, 0.6) is 0 Å². The number of rotatable bonds is 8. The third-order valence-corrected chi connectivity index (χ3v) is 3.73. The predicted octanol–water partition coefficient (Wildman–Crippen LogP) is 4.24. The third kappa shape index (κ3) is 7.12. The van der Waals surface area contributed by atoms with E-state index in [2.05, 4.69) is 17.9 Å². The molecule has 1 unspecified atom stereocenters. The summed E-state index contributed by atoms with van der Waals surface area (Å²) in [6.07, 6.45) is 11.9. The van der Waals surface area contributed by atoms with Gasteiger partial charge < -0.3 is 4.90 Å². The zero-order valence-corrected chi connectivity index (χ0v) is 13.6. The Balaban J connectivity index is 0.00000324. The Morgan fingerprint density at radius 1 is 1.21 bits per heavy atom. The normalized spacial score (nSPS) is 21.2. The standard InChI is InChI=1S/C16H29NO.ClH/c1-4-5-6-7-8-9-10-14-11-12-15(16(14)18)13-17(2)3;/h10,15H,4-9,11-13H2,1-3H3;1H. The summed E-state index contributed by atoms with van der Waals surface area (Å²) in [7, 11) is 4.09. The van der Waals surface area contributed by atoms with Gasteiger partial charge in [0.2, 0.25) is 0 Å². The predicted molar refractivity (Wildman–Crippen MR) is 85.0 cm³/mol. The first-order valence-corrected chi connectivity index (χ1v) is 7.53. The molecule has 0 spiro atoms. The Morgan fingerprint density at radius 2 is 1.89 bits per heavy atom. The summed E-state index contributed by atoms with van der Waals surface area (Å²) in [5.74, 6) is 0.670. The monoisotopic (exact) mass is 287 g/mol. The zero-order valence-electron chi connectivity index (χ0n) is 12.8. The molecule has 1 rings (SSSR count). The van der Waals surface area contributed by atoms with Gasteiger partial charge in [0.05, 0.1) is 0 Å². The van der Waals surface area contributed by atoms with Crippen molar-refractivity contribution in [1.29, 1.82) is 0 Å². The maximum atomic E-state index is 12.1. The molecule has 0 aromatic rings. The molecule has 1 saturated carbocycles. The Hall–Kier alpha value is -0.340. The number of hydrogen-bond acceptors (Lipinski definition) is 2. The average molecular weight is 288 g/mol. The van der Waals surface area contributed by atoms with E-state index in [1.165, 1.54) is 32.1 Å². The van der Waals surface area contributed by atoms with Gasteiger partial charge in [-0.1, -0.05) is 38.7 Å². The first kappa shape index (κ1) is 18.7. The van der Waals surface area contributed by atoms with Crippen molar-refractivity contribution in [2.45, 2.75) is 58.3 Å². The molecule has 112 valence electrons. The summed E-state index contributed by atoms with van der Waals surface area (Å²) in [5.41, 5.74) is 1.11. The van der Waals surface area contributed by atoms with Crippen LogP contribution in [0.4, 0.5) is 0 Å². The van der Waals surface area contributed by atoms with Crippen LogP contribution >= 0.6 is 12.4 Å². The second-order valence-corrected chi connectivity index (χ2v) is 5.79. The fraction of sp³-hybridized carbons (Fsp3) is 0.812. The molecule has 1 aliphatic carbocycles. The molecule has 3 heteroatoms. The number of carbonyl (C=O) groups is 1. The lowest BCUT2D eigenvalue weighted by Gasteiger charge is -2.13. The highest BCUT2D eigenvalue weighted by Gasteiger charge is 2.28. The van der Waals surface area contributed by atoms with Crippen molar-refractivity contribution in [2.24, 2.45) is 5.92 Å². The van der Waals surface area contributed by atoms with Crippen molar-refractivity contribution in [1.82, 2.24) is 4.90 Å². The van der Waals surface area contributed by atoms with Gasteiger partial charge in [0.1, 0.15) is 0 Å². The number of nitrogens with zero attached hydrogens (tertiary/aromatic N) is 1. The van der Waals surface area contributed by atoms with Gasteiger partial charge in [-0.25, -0.2) is 0 Å². The van der Waals surface area contributed by atoms with Crippen LogP contribution in [0.2, 0.25) is 0 Å². The van der Waals surface area contributed by atoms with Crippen molar-refractivity contribution in [2.75, 3.05) is 20.6 Å². The highest BCUT2D eigenvalue weighted by molar-refractivity contribution is 5.99. The first-order chi connectivity index (χ1) is 8.65. The lowest BCUT2D eigenvalue weighted by molar-refractivity contribution is -0.118. The molecule has 0 bridgehead atoms. The van der Waals surface area contributed by atoms with Gasteiger partial charge in [-0.05, 0) is 45.4 Å². The summed E-state index contributed by atoms with van der Waals surface area (Å²) < 4.78 is 0. The zero-order chi connectivity index (χ0) is 13.4. The maximum Gasteiger partial charge on any atom is 0.162 e. The molecule has 0 amide bonds. The number of carbonyl (C=O) groups excluding carboxylic acids is 1. The fourth-order valence-corrected chi connectivity index (χ4v) is 2.69. The van der Waals surface area contributed by atoms with E-state index in [4.69, 9.17) is 0 Å². The number of hydrogen-bond donors (Lipinski definition) is 0. The SMILES string of the molecule is CCCCCCCC=C1CCC(CN(C)C)C1=O.Cl. The molecule has 0 N–H and O–H groups in total. The minimum Gasteiger partial charge on any atom is -0.309 e. The van der Waals surface area contributed by atoms with Crippen molar-refractivity contribution in [3.63, 3.8) is 0 Å². The summed E-state index contributed by atoms with van der Waals surface area (Å²) in [4.78, 5) is 14.2. The molecule has 0 aliphatic heterocycles. The number of halogens is 1. The third-order valence-electron chi connectivity index (χ3n) is 3.73. The van der Waals surface area contributed by atoms with Crippen molar-refractivity contribution in [3.05, 3.63) is 11.6 Å². The molecule has 0 aromatic carbocycles. The largest absolute Gasteiger partial charge is 0.309 e. The van der Waals surface area contributed by atoms with Gasteiger partial charge in [-0.3, -0.25) is 4.79 Å². The van der Waals surface area contributed by atoms with E-state index < -0.39 is 0 Å². The second-order valence-electron chi connectivity index (χ2n) is 5.79. The quantitative estimate of drug-likeness (QED) is 0.492. The minimum absolute atomic E-state index is 0.